The standard InChI is InChI=1S/C26H28IN5O7/c1-4-37-21-12-17(24-23(25(34)36-3)15(2)30-26(35)31-24)6-8-20(21)39-14-22(33)32-29-13-16-5-7-19(18(27)11-16)38-10-9-28/h5-8,11-13,22,24,32-33H,4,10,14H2,1-3H3,(H2,30,31,35)/b29-13-/t22-,24-/m1/s1. The Bertz CT molecular complexity index is 1310. The smallest absolute Gasteiger partial charge is 0.337 e. The van der Waals surface area contributed by atoms with Gasteiger partial charge < -0.3 is 34.7 Å². The third-order valence-corrected chi connectivity index (χ3v) is 6.20. The molecule has 2 amide bonds. The zero-order chi connectivity index (χ0) is 28.4. The monoisotopic (exact) mass is 649 g/mol. The average Bonchev–Trinajstić information content (AvgIpc) is 2.91. The molecule has 2 aromatic carbocycles. The van der Waals surface area contributed by atoms with E-state index in [2.05, 4.69) is 43.8 Å². The lowest BCUT2D eigenvalue weighted by molar-refractivity contribution is -0.136. The number of allylic oxidation sites excluding steroid dienone is 1. The molecule has 0 spiro atoms. The number of aliphatic hydroxyl groups excluding tert-OH is 1. The van der Waals surface area contributed by atoms with Crippen molar-refractivity contribution in [3.63, 3.8) is 0 Å². The van der Waals surface area contributed by atoms with E-state index in [9.17, 15) is 14.7 Å². The molecule has 1 aliphatic rings. The number of nitrogens with zero attached hydrogens (tertiary/aromatic N) is 2. The number of rotatable bonds is 12. The molecule has 1 heterocycles. The summed E-state index contributed by atoms with van der Waals surface area (Å²) < 4.78 is 22.5. The van der Waals surface area contributed by atoms with E-state index in [1.54, 1.807) is 44.2 Å². The van der Waals surface area contributed by atoms with Crippen molar-refractivity contribution in [2.45, 2.75) is 26.1 Å². The second kappa shape index (κ2) is 14.2. The van der Waals surface area contributed by atoms with Crippen molar-refractivity contribution < 1.29 is 33.6 Å². The number of methoxy groups -OCH3 is 1. The van der Waals surface area contributed by atoms with E-state index in [0.717, 1.165) is 9.13 Å². The molecule has 206 valence electrons. The molecule has 4 N–H and O–H groups in total. The quantitative estimate of drug-likeness (QED) is 0.0891. The predicted octanol–water partition coefficient (Wildman–Crippen LogP) is 2.71. The molecule has 2 aromatic rings. The van der Waals surface area contributed by atoms with Crippen LogP contribution in [0, 0.1) is 14.9 Å². The van der Waals surface area contributed by atoms with Gasteiger partial charge in [-0.2, -0.15) is 10.4 Å². The number of hydrazone groups is 1. The van der Waals surface area contributed by atoms with E-state index in [1.807, 2.05) is 12.1 Å². The zero-order valence-corrected chi connectivity index (χ0v) is 23.6. The highest BCUT2D eigenvalue weighted by molar-refractivity contribution is 14.1. The van der Waals surface area contributed by atoms with Gasteiger partial charge in [0.2, 0.25) is 0 Å². The second-order valence-corrected chi connectivity index (χ2v) is 9.21. The summed E-state index contributed by atoms with van der Waals surface area (Å²) >= 11 is 2.10. The van der Waals surface area contributed by atoms with Gasteiger partial charge in [0.25, 0.3) is 0 Å². The molecule has 0 saturated heterocycles. The number of carbonyl (C=O) groups excluding carboxylic acids is 2. The number of benzene rings is 2. The average molecular weight is 649 g/mol. The molecular weight excluding hydrogens is 621 g/mol. The lowest BCUT2D eigenvalue weighted by Gasteiger charge is -2.28. The Hall–Kier alpha value is -4.03. The summed E-state index contributed by atoms with van der Waals surface area (Å²) in [6.45, 7) is 3.58. The maximum atomic E-state index is 12.4. The summed E-state index contributed by atoms with van der Waals surface area (Å²) in [6.07, 6.45) is 0.398. The van der Waals surface area contributed by atoms with Gasteiger partial charge >= 0.3 is 12.0 Å². The number of nitriles is 1. The third-order valence-electron chi connectivity index (χ3n) is 5.36. The first-order valence-corrected chi connectivity index (χ1v) is 12.9. The third kappa shape index (κ3) is 7.98. The Kier molecular flexibility index (Phi) is 10.8. The minimum atomic E-state index is -1.13. The van der Waals surface area contributed by atoms with Crippen LogP contribution < -0.4 is 30.3 Å². The van der Waals surface area contributed by atoms with Crippen LogP contribution in [0.5, 0.6) is 17.2 Å². The van der Waals surface area contributed by atoms with Crippen molar-refractivity contribution in [1.29, 1.82) is 5.26 Å². The Morgan fingerprint density at radius 1 is 1.23 bits per heavy atom. The number of halogens is 1. The van der Waals surface area contributed by atoms with Crippen LogP contribution in [-0.4, -0.2) is 56.5 Å². The normalized spacial score (nSPS) is 15.6. The lowest BCUT2D eigenvalue weighted by Crippen LogP contribution is -2.45. The molecule has 1 aliphatic heterocycles. The fraction of sp³-hybridized carbons (Fsp3) is 0.308. The molecule has 39 heavy (non-hydrogen) atoms. The number of esters is 1. The molecule has 12 nitrogen and oxygen atoms in total. The molecule has 13 heteroatoms. The fourth-order valence-corrected chi connectivity index (χ4v) is 4.34. The van der Waals surface area contributed by atoms with Gasteiger partial charge in [-0.15, -0.1) is 0 Å². The van der Waals surface area contributed by atoms with Gasteiger partial charge in [-0.1, -0.05) is 6.07 Å². The van der Waals surface area contributed by atoms with Gasteiger partial charge in [-0.25, -0.2) is 9.59 Å². The molecule has 0 unspecified atom stereocenters. The summed E-state index contributed by atoms with van der Waals surface area (Å²) in [6, 6.07) is 11.0. The van der Waals surface area contributed by atoms with Gasteiger partial charge in [-0.3, -0.25) is 5.43 Å². The van der Waals surface area contributed by atoms with Crippen molar-refractivity contribution in [2.24, 2.45) is 5.10 Å². The van der Waals surface area contributed by atoms with Crippen molar-refractivity contribution in [1.82, 2.24) is 16.1 Å². The number of hydrogen-bond acceptors (Lipinski definition) is 10. The van der Waals surface area contributed by atoms with E-state index in [4.69, 9.17) is 24.2 Å². The van der Waals surface area contributed by atoms with Crippen LogP contribution in [0.3, 0.4) is 0 Å². The summed E-state index contributed by atoms with van der Waals surface area (Å²) in [4.78, 5) is 24.5. The van der Waals surface area contributed by atoms with Crippen LogP contribution in [0.2, 0.25) is 0 Å². The highest BCUT2D eigenvalue weighted by Gasteiger charge is 2.32. The van der Waals surface area contributed by atoms with E-state index in [1.165, 1.54) is 13.3 Å². The van der Waals surface area contributed by atoms with E-state index >= 15 is 0 Å². The van der Waals surface area contributed by atoms with Crippen LogP contribution in [0.15, 0.2) is 52.8 Å². The molecular formula is C26H28IN5O7. The van der Waals surface area contributed by atoms with Crippen LogP contribution in [0.4, 0.5) is 4.79 Å². The first-order valence-electron chi connectivity index (χ1n) is 11.8. The summed E-state index contributed by atoms with van der Waals surface area (Å²) in [7, 11) is 1.27. The molecule has 2 atom stereocenters. The largest absolute Gasteiger partial charge is 0.490 e. The van der Waals surface area contributed by atoms with Crippen LogP contribution >= 0.6 is 22.6 Å². The SMILES string of the molecule is CCOc1cc([C@H]2NC(=O)NC(C)=C2C(=O)OC)ccc1OC[C@@H](O)N/N=C\c1ccc(OCC#N)c(I)c1. The maximum absolute atomic E-state index is 12.4. The molecule has 0 bridgehead atoms. The van der Waals surface area contributed by atoms with Gasteiger partial charge in [0, 0.05) is 5.70 Å². The van der Waals surface area contributed by atoms with Crippen LogP contribution in [-0.2, 0) is 9.53 Å². The number of aliphatic hydroxyl groups is 1. The summed E-state index contributed by atoms with van der Waals surface area (Å²) in [5.41, 5.74) is 4.60. The predicted molar refractivity (Wildman–Crippen MR) is 149 cm³/mol. The number of nitrogens with one attached hydrogen (secondary N) is 3. The molecule has 0 fully saturated rings. The van der Waals surface area contributed by atoms with Crippen molar-refractivity contribution in [3.05, 3.63) is 62.4 Å². The topological polar surface area (TPSA) is 164 Å². The number of ether oxygens (including phenoxy) is 4. The van der Waals surface area contributed by atoms with Gasteiger partial charge in [0.05, 0.1) is 35.1 Å². The molecule has 0 radical (unpaired) electrons. The number of amides is 2. The van der Waals surface area contributed by atoms with E-state index in [-0.39, 0.29) is 18.8 Å². The molecule has 0 aromatic heterocycles. The molecule has 0 aliphatic carbocycles. The Morgan fingerprint density at radius 2 is 2.00 bits per heavy atom. The number of carbonyl (C=O) groups is 2. The zero-order valence-electron chi connectivity index (χ0n) is 21.5. The van der Waals surface area contributed by atoms with Crippen LogP contribution in [0.1, 0.15) is 31.0 Å². The van der Waals surface area contributed by atoms with E-state index in [0.29, 0.717) is 35.1 Å². The molecule has 0 saturated carbocycles. The first kappa shape index (κ1) is 29.5. The summed E-state index contributed by atoms with van der Waals surface area (Å²) in [5, 5.41) is 28.3. The Morgan fingerprint density at radius 3 is 2.69 bits per heavy atom. The highest BCUT2D eigenvalue weighted by atomic mass is 127. The number of hydrogen-bond donors (Lipinski definition) is 4. The Balaban J connectivity index is 1.66. The van der Waals surface area contributed by atoms with Crippen molar-refractivity contribution in [3.8, 4) is 23.3 Å². The van der Waals surface area contributed by atoms with Crippen molar-refractivity contribution >= 4 is 40.8 Å². The van der Waals surface area contributed by atoms with E-state index < -0.39 is 24.3 Å². The summed E-state index contributed by atoms with van der Waals surface area (Å²) in [5.74, 6) is 0.750. The van der Waals surface area contributed by atoms with Crippen molar-refractivity contribution in [2.75, 3.05) is 26.9 Å². The number of urea groups is 1. The van der Waals surface area contributed by atoms with Gasteiger partial charge in [0.1, 0.15) is 18.4 Å². The van der Waals surface area contributed by atoms with Crippen LogP contribution in [0.25, 0.3) is 0 Å². The Labute approximate surface area is 239 Å². The van der Waals surface area contributed by atoms with Gasteiger partial charge in [0.15, 0.2) is 24.3 Å². The minimum absolute atomic E-state index is 0.0369. The highest BCUT2D eigenvalue weighted by Crippen LogP contribution is 2.35. The first-order chi connectivity index (χ1) is 18.8. The molecule has 3 rings (SSSR count). The fourth-order valence-electron chi connectivity index (χ4n) is 3.64. The maximum Gasteiger partial charge on any atom is 0.337 e. The lowest BCUT2D eigenvalue weighted by atomic mass is 9.95. The second-order valence-electron chi connectivity index (χ2n) is 8.05. The van der Waals surface area contributed by atoms with Gasteiger partial charge in [-0.05, 0) is 77.9 Å². The minimum Gasteiger partial charge on any atom is -0.490 e.